The number of benzene rings is 1. The largest absolute Gasteiger partial charge is 0.490 e. The molecule has 0 saturated heterocycles. The zero-order chi connectivity index (χ0) is 21.3. The quantitative estimate of drug-likeness (QED) is 0.492. The number of carbonyl (C=O) groups is 1. The summed E-state index contributed by atoms with van der Waals surface area (Å²) >= 11 is 5.83. The van der Waals surface area contributed by atoms with Gasteiger partial charge in [-0.25, -0.2) is 0 Å². The molecule has 0 atom stereocenters. The third-order valence-corrected chi connectivity index (χ3v) is 4.18. The van der Waals surface area contributed by atoms with Gasteiger partial charge in [-0.05, 0) is 18.2 Å². The fourth-order valence-electron chi connectivity index (χ4n) is 2.51. The van der Waals surface area contributed by atoms with Crippen LogP contribution in [0.4, 0.5) is 18.9 Å². The lowest BCUT2D eigenvalue weighted by Crippen LogP contribution is -2.24. The van der Waals surface area contributed by atoms with Crippen LogP contribution in [0, 0.1) is 10.1 Å². The van der Waals surface area contributed by atoms with Crippen LogP contribution < -0.4 is 10.1 Å². The Kier molecular flexibility index (Phi) is 5.29. The molecule has 13 heteroatoms. The highest BCUT2D eigenvalue weighted by molar-refractivity contribution is 6.33. The minimum Gasteiger partial charge on any atom is -0.490 e. The molecule has 0 aliphatic heterocycles. The zero-order valence-electron chi connectivity index (χ0n) is 14.5. The summed E-state index contributed by atoms with van der Waals surface area (Å²) in [7, 11) is 1.25. The number of nitrogens with one attached hydrogen (secondary N) is 1. The molecule has 9 nitrogen and oxygen atoms in total. The van der Waals surface area contributed by atoms with E-state index >= 15 is 0 Å². The molecule has 152 valence electrons. The van der Waals surface area contributed by atoms with Gasteiger partial charge in [0.2, 0.25) is 0 Å². The van der Waals surface area contributed by atoms with Gasteiger partial charge in [-0.2, -0.15) is 13.2 Å². The van der Waals surface area contributed by atoms with Crippen LogP contribution in [0.25, 0.3) is 5.65 Å². The summed E-state index contributed by atoms with van der Waals surface area (Å²) in [5.74, 6) is -0.737. The standard InChI is InChI=1S/C16H11ClF3N5O4/c1-29-12-3-2-8(4-11(12)25(27)28)15(26)21-6-13-22-23-14-10(17)5-9(7-24(13)14)16(18,19)20/h2-5,7H,6H2,1H3,(H,21,26). The number of nitro groups is 1. The minimum absolute atomic E-state index is 0.00985. The Bertz CT molecular complexity index is 1120. The second-order valence-corrected chi connectivity index (χ2v) is 6.12. The van der Waals surface area contributed by atoms with Gasteiger partial charge in [0.1, 0.15) is 0 Å². The van der Waals surface area contributed by atoms with Gasteiger partial charge in [-0.3, -0.25) is 19.3 Å². The van der Waals surface area contributed by atoms with E-state index in [-0.39, 0.29) is 34.4 Å². The molecule has 0 saturated carbocycles. The number of hydrogen-bond acceptors (Lipinski definition) is 6. The first-order chi connectivity index (χ1) is 13.6. The SMILES string of the molecule is COc1ccc(C(=O)NCc2nnc3c(Cl)cc(C(F)(F)F)cn23)cc1[N+](=O)[O-]. The molecule has 0 aliphatic rings. The van der Waals surface area contributed by atoms with E-state index in [1.165, 1.54) is 19.2 Å². The van der Waals surface area contributed by atoms with Crippen molar-refractivity contribution >= 4 is 28.8 Å². The smallest absolute Gasteiger partial charge is 0.417 e. The third-order valence-electron chi connectivity index (χ3n) is 3.90. The molecular formula is C16H11ClF3N5O4. The zero-order valence-corrected chi connectivity index (χ0v) is 15.3. The van der Waals surface area contributed by atoms with Crippen molar-refractivity contribution in [3.8, 4) is 5.75 Å². The van der Waals surface area contributed by atoms with E-state index in [2.05, 4.69) is 15.5 Å². The Morgan fingerprint density at radius 2 is 2.07 bits per heavy atom. The van der Waals surface area contributed by atoms with E-state index in [0.717, 1.165) is 22.7 Å². The first-order valence-electron chi connectivity index (χ1n) is 7.82. The van der Waals surface area contributed by atoms with Crippen LogP contribution in [-0.2, 0) is 12.7 Å². The molecule has 0 unspecified atom stereocenters. The van der Waals surface area contributed by atoms with E-state index < -0.39 is 28.3 Å². The number of amides is 1. The third kappa shape index (κ3) is 4.06. The van der Waals surface area contributed by atoms with Gasteiger partial charge in [0.15, 0.2) is 17.2 Å². The van der Waals surface area contributed by atoms with Crippen LogP contribution >= 0.6 is 11.6 Å². The number of aromatic nitrogens is 3. The number of halogens is 4. The van der Waals surface area contributed by atoms with Crippen LogP contribution in [0.15, 0.2) is 30.5 Å². The number of rotatable bonds is 5. The van der Waals surface area contributed by atoms with Crippen LogP contribution in [-0.4, -0.2) is 32.5 Å². The summed E-state index contributed by atoms with van der Waals surface area (Å²) in [6.07, 6.45) is -3.87. The summed E-state index contributed by atoms with van der Waals surface area (Å²) in [6, 6.07) is 4.32. The van der Waals surface area contributed by atoms with Gasteiger partial charge >= 0.3 is 11.9 Å². The first kappa shape index (κ1) is 20.3. The molecule has 1 N–H and O–H groups in total. The van der Waals surface area contributed by atoms with Crippen LogP contribution in [0.2, 0.25) is 5.02 Å². The van der Waals surface area contributed by atoms with Gasteiger partial charge in [0.25, 0.3) is 5.91 Å². The number of pyridine rings is 1. The molecule has 3 rings (SSSR count). The highest BCUT2D eigenvalue weighted by Gasteiger charge is 2.32. The van der Waals surface area contributed by atoms with Crippen molar-refractivity contribution in [3.05, 3.63) is 62.6 Å². The molecule has 2 aromatic heterocycles. The molecule has 3 aromatic rings. The second-order valence-electron chi connectivity index (χ2n) is 5.71. The fraction of sp³-hybridized carbons (Fsp3) is 0.188. The number of nitro benzene ring substituents is 1. The van der Waals surface area contributed by atoms with Crippen molar-refractivity contribution < 1.29 is 27.6 Å². The maximum Gasteiger partial charge on any atom is 0.417 e. The number of nitrogens with zero attached hydrogens (tertiary/aromatic N) is 4. The monoisotopic (exact) mass is 429 g/mol. The lowest BCUT2D eigenvalue weighted by Gasteiger charge is -2.09. The van der Waals surface area contributed by atoms with Gasteiger partial charge < -0.3 is 10.1 Å². The van der Waals surface area contributed by atoms with E-state index in [0.29, 0.717) is 0 Å². The molecule has 1 amide bonds. The molecule has 0 bridgehead atoms. The number of carbonyl (C=O) groups excluding carboxylic acids is 1. The van der Waals surface area contributed by atoms with E-state index in [1.807, 2.05) is 0 Å². The van der Waals surface area contributed by atoms with E-state index in [1.54, 1.807) is 0 Å². The van der Waals surface area contributed by atoms with Crippen molar-refractivity contribution in [2.75, 3.05) is 7.11 Å². The number of alkyl halides is 3. The summed E-state index contributed by atoms with van der Waals surface area (Å²) in [5, 5.41) is 20.7. The molecule has 0 fully saturated rings. The number of methoxy groups -OCH3 is 1. The normalized spacial score (nSPS) is 11.5. The lowest BCUT2D eigenvalue weighted by molar-refractivity contribution is -0.385. The topological polar surface area (TPSA) is 112 Å². The Balaban J connectivity index is 1.86. The number of ether oxygens (including phenoxy) is 1. The van der Waals surface area contributed by atoms with Crippen molar-refractivity contribution in [1.29, 1.82) is 0 Å². The van der Waals surface area contributed by atoms with E-state index in [9.17, 15) is 28.1 Å². The number of fused-ring (bicyclic) bond motifs is 1. The minimum atomic E-state index is -4.63. The first-order valence-corrected chi connectivity index (χ1v) is 8.20. The predicted octanol–water partition coefficient (Wildman–Crippen LogP) is 3.25. The van der Waals surface area contributed by atoms with Crippen LogP contribution in [0.5, 0.6) is 5.75 Å². The summed E-state index contributed by atoms with van der Waals surface area (Å²) in [6.45, 7) is -0.294. The highest BCUT2D eigenvalue weighted by Crippen LogP contribution is 2.32. The Morgan fingerprint density at radius 1 is 1.34 bits per heavy atom. The molecule has 29 heavy (non-hydrogen) atoms. The van der Waals surface area contributed by atoms with E-state index in [4.69, 9.17) is 16.3 Å². The summed E-state index contributed by atoms with van der Waals surface area (Å²) in [5.41, 5.74) is -1.47. The second kappa shape index (κ2) is 7.54. The molecule has 2 heterocycles. The Morgan fingerprint density at radius 3 is 2.69 bits per heavy atom. The van der Waals surface area contributed by atoms with Crippen molar-refractivity contribution in [3.63, 3.8) is 0 Å². The maximum absolute atomic E-state index is 13.0. The molecule has 0 radical (unpaired) electrons. The molecule has 0 spiro atoms. The van der Waals surface area contributed by atoms with Crippen molar-refractivity contribution in [2.24, 2.45) is 0 Å². The number of hydrogen-bond donors (Lipinski definition) is 1. The fourth-order valence-corrected chi connectivity index (χ4v) is 2.76. The highest BCUT2D eigenvalue weighted by atomic mass is 35.5. The van der Waals surface area contributed by atoms with Gasteiger partial charge in [0.05, 0.1) is 29.2 Å². The molecular weight excluding hydrogens is 419 g/mol. The van der Waals surface area contributed by atoms with Crippen molar-refractivity contribution in [1.82, 2.24) is 19.9 Å². The van der Waals surface area contributed by atoms with Gasteiger partial charge in [0, 0.05) is 17.8 Å². The van der Waals surface area contributed by atoms with Crippen molar-refractivity contribution in [2.45, 2.75) is 12.7 Å². The van der Waals surface area contributed by atoms with Gasteiger partial charge in [-0.15, -0.1) is 10.2 Å². The Hall–Kier alpha value is -3.41. The van der Waals surface area contributed by atoms with Crippen LogP contribution in [0.1, 0.15) is 21.7 Å². The lowest BCUT2D eigenvalue weighted by atomic mass is 10.1. The predicted molar refractivity (Wildman–Crippen MR) is 93.8 cm³/mol. The van der Waals surface area contributed by atoms with Crippen LogP contribution in [0.3, 0.4) is 0 Å². The summed E-state index contributed by atoms with van der Waals surface area (Å²) < 4.78 is 44.8. The summed E-state index contributed by atoms with van der Waals surface area (Å²) in [4.78, 5) is 22.7. The maximum atomic E-state index is 13.0. The average molecular weight is 430 g/mol. The Labute approximate surface area is 165 Å². The molecule has 0 aliphatic carbocycles. The average Bonchev–Trinajstić information content (AvgIpc) is 3.08. The molecule has 1 aromatic carbocycles. The van der Waals surface area contributed by atoms with Gasteiger partial charge in [-0.1, -0.05) is 11.6 Å².